The molecule has 2 aromatic rings. The van der Waals surface area contributed by atoms with Crippen LogP contribution in [0.4, 0.5) is 0 Å². The standard InChI is InChI=1S/C16H15BrO3/c1-11-8-13(16(18)19-2)15(14(17)9-11)20-10-12-6-4-3-5-7-12/h3-9H,10H2,1-2H3. The fourth-order valence-electron chi connectivity index (χ4n) is 1.87. The zero-order valence-corrected chi connectivity index (χ0v) is 12.9. The van der Waals surface area contributed by atoms with Crippen molar-refractivity contribution < 1.29 is 14.3 Å². The normalized spacial score (nSPS) is 10.2. The quantitative estimate of drug-likeness (QED) is 0.789. The van der Waals surface area contributed by atoms with Gasteiger partial charge >= 0.3 is 5.97 Å². The van der Waals surface area contributed by atoms with E-state index in [4.69, 9.17) is 9.47 Å². The first kappa shape index (κ1) is 14.6. The number of benzene rings is 2. The molecule has 0 radical (unpaired) electrons. The molecular formula is C16H15BrO3. The largest absolute Gasteiger partial charge is 0.487 e. The van der Waals surface area contributed by atoms with Crippen molar-refractivity contribution in [3.8, 4) is 5.75 Å². The summed E-state index contributed by atoms with van der Waals surface area (Å²) in [6, 6.07) is 13.5. The Morgan fingerprint density at radius 1 is 1.20 bits per heavy atom. The van der Waals surface area contributed by atoms with Gasteiger partial charge in [-0.3, -0.25) is 0 Å². The molecule has 104 valence electrons. The Kier molecular flexibility index (Phi) is 4.79. The summed E-state index contributed by atoms with van der Waals surface area (Å²) < 4.78 is 11.3. The molecule has 0 bridgehead atoms. The third-order valence-corrected chi connectivity index (χ3v) is 3.41. The van der Waals surface area contributed by atoms with Gasteiger partial charge in [0.1, 0.15) is 17.9 Å². The Labute approximate surface area is 126 Å². The average molecular weight is 335 g/mol. The van der Waals surface area contributed by atoms with E-state index in [1.165, 1.54) is 7.11 Å². The lowest BCUT2D eigenvalue weighted by Crippen LogP contribution is -2.07. The highest BCUT2D eigenvalue weighted by atomic mass is 79.9. The van der Waals surface area contributed by atoms with E-state index in [2.05, 4.69) is 15.9 Å². The Hall–Kier alpha value is -1.81. The number of hydrogen-bond donors (Lipinski definition) is 0. The number of ether oxygens (including phenoxy) is 2. The fourth-order valence-corrected chi connectivity index (χ4v) is 2.56. The molecule has 0 aliphatic rings. The van der Waals surface area contributed by atoms with Gasteiger partial charge in [0.25, 0.3) is 0 Å². The van der Waals surface area contributed by atoms with Crippen LogP contribution in [-0.2, 0) is 11.3 Å². The van der Waals surface area contributed by atoms with Gasteiger partial charge in [0.2, 0.25) is 0 Å². The second-order valence-electron chi connectivity index (χ2n) is 4.39. The van der Waals surface area contributed by atoms with Crippen molar-refractivity contribution in [1.82, 2.24) is 0 Å². The predicted octanol–water partition coefficient (Wildman–Crippen LogP) is 4.12. The molecule has 0 spiro atoms. The van der Waals surface area contributed by atoms with Crippen LogP contribution in [0.1, 0.15) is 21.5 Å². The van der Waals surface area contributed by atoms with E-state index in [0.29, 0.717) is 17.9 Å². The second kappa shape index (κ2) is 6.57. The summed E-state index contributed by atoms with van der Waals surface area (Å²) in [6.45, 7) is 2.31. The van der Waals surface area contributed by atoms with Gasteiger partial charge < -0.3 is 9.47 Å². The van der Waals surface area contributed by atoms with Crippen molar-refractivity contribution in [2.75, 3.05) is 7.11 Å². The molecule has 0 aliphatic carbocycles. The summed E-state index contributed by atoms with van der Waals surface area (Å²) >= 11 is 3.44. The van der Waals surface area contributed by atoms with E-state index >= 15 is 0 Å². The lowest BCUT2D eigenvalue weighted by molar-refractivity contribution is 0.0595. The maximum Gasteiger partial charge on any atom is 0.341 e. The topological polar surface area (TPSA) is 35.5 Å². The average Bonchev–Trinajstić information content (AvgIpc) is 2.46. The van der Waals surface area contributed by atoms with Crippen molar-refractivity contribution in [3.05, 3.63) is 63.6 Å². The van der Waals surface area contributed by atoms with E-state index in [1.807, 2.05) is 43.3 Å². The number of carbonyl (C=O) groups excluding carboxylic acids is 1. The zero-order valence-electron chi connectivity index (χ0n) is 11.4. The molecule has 0 atom stereocenters. The van der Waals surface area contributed by atoms with Crippen LogP contribution in [0, 0.1) is 6.92 Å². The zero-order chi connectivity index (χ0) is 14.5. The van der Waals surface area contributed by atoms with Crippen molar-refractivity contribution in [3.63, 3.8) is 0 Å². The molecule has 0 saturated heterocycles. The third kappa shape index (κ3) is 3.39. The first-order valence-corrected chi connectivity index (χ1v) is 6.96. The van der Waals surface area contributed by atoms with Crippen LogP contribution in [0.5, 0.6) is 5.75 Å². The highest BCUT2D eigenvalue weighted by molar-refractivity contribution is 9.10. The molecule has 0 aliphatic heterocycles. The highest BCUT2D eigenvalue weighted by Crippen LogP contribution is 2.32. The highest BCUT2D eigenvalue weighted by Gasteiger charge is 2.17. The summed E-state index contributed by atoms with van der Waals surface area (Å²) in [4.78, 5) is 11.8. The number of hydrogen-bond acceptors (Lipinski definition) is 3. The van der Waals surface area contributed by atoms with Gasteiger partial charge in [-0.05, 0) is 46.1 Å². The molecule has 0 unspecified atom stereocenters. The van der Waals surface area contributed by atoms with Crippen LogP contribution in [0.2, 0.25) is 0 Å². The van der Waals surface area contributed by atoms with E-state index in [9.17, 15) is 4.79 Å². The van der Waals surface area contributed by atoms with Crippen LogP contribution in [0.25, 0.3) is 0 Å². The molecule has 3 nitrogen and oxygen atoms in total. The van der Waals surface area contributed by atoms with Gasteiger partial charge in [0.15, 0.2) is 0 Å². The van der Waals surface area contributed by atoms with Gasteiger partial charge in [-0.2, -0.15) is 0 Å². The molecule has 0 amide bonds. The number of methoxy groups -OCH3 is 1. The van der Waals surface area contributed by atoms with Crippen LogP contribution in [-0.4, -0.2) is 13.1 Å². The molecule has 0 fully saturated rings. The van der Waals surface area contributed by atoms with Gasteiger partial charge in [0.05, 0.1) is 11.6 Å². The van der Waals surface area contributed by atoms with Crippen LogP contribution < -0.4 is 4.74 Å². The van der Waals surface area contributed by atoms with E-state index in [1.54, 1.807) is 6.07 Å². The molecular weight excluding hydrogens is 320 g/mol. The number of rotatable bonds is 4. The van der Waals surface area contributed by atoms with E-state index in [0.717, 1.165) is 15.6 Å². The number of esters is 1. The number of halogens is 1. The summed E-state index contributed by atoms with van der Waals surface area (Å²) in [7, 11) is 1.36. The van der Waals surface area contributed by atoms with Gasteiger partial charge in [0, 0.05) is 0 Å². The Morgan fingerprint density at radius 3 is 2.55 bits per heavy atom. The Balaban J connectivity index is 2.28. The van der Waals surface area contributed by atoms with Gasteiger partial charge in [-0.15, -0.1) is 0 Å². The Morgan fingerprint density at radius 2 is 1.90 bits per heavy atom. The van der Waals surface area contributed by atoms with Crippen molar-refractivity contribution in [2.45, 2.75) is 13.5 Å². The van der Waals surface area contributed by atoms with Crippen molar-refractivity contribution in [1.29, 1.82) is 0 Å². The summed E-state index contributed by atoms with van der Waals surface area (Å²) in [5, 5.41) is 0. The molecule has 0 heterocycles. The molecule has 20 heavy (non-hydrogen) atoms. The lowest BCUT2D eigenvalue weighted by atomic mass is 10.1. The molecule has 2 aromatic carbocycles. The summed E-state index contributed by atoms with van der Waals surface area (Å²) in [5.74, 6) is 0.101. The Bertz CT molecular complexity index is 609. The maximum atomic E-state index is 11.8. The fraction of sp³-hybridized carbons (Fsp3) is 0.188. The van der Waals surface area contributed by atoms with Crippen LogP contribution >= 0.6 is 15.9 Å². The van der Waals surface area contributed by atoms with Crippen molar-refractivity contribution in [2.24, 2.45) is 0 Å². The minimum absolute atomic E-state index is 0.395. The van der Waals surface area contributed by atoms with Crippen molar-refractivity contribution >= 4 is 21.9 Å². The SMILES string of the molecule is COC(=O)c1cc(C)cc(Br)c1OCc1ccccc1. The predicted molar refractivity (Wildman–Crippen MR) is 81.0 cm³/mol. The maximum absolute atomic E-state index is 11.8. The van der Waals surface area contributed by atoms with Crippen LogP contribution in [0.3, 0.4) is 0 Å². The number of carbonyl (C=O) groups is 1. The van der Waals surface area contributed by atoms with E-state index in [-0.39, 0.29) is 0 Å². The smallest absolute Gasteiger partial charge is 0.341 e. The number of aryl methyl sites for hydroxylation is 1. The molecule has 2 rings (SSSR count). The minimum Gasteiger partial charge on any atom is -0.487 e. The third-order valence-electron chi connectivity index (χ3n) is 2.82. The minimum atomic E-state index is -0.405. The van der Waals surface area contributed by atoms with Gasteiger partial charge in [-0.25, -0.2) is 4.79 Å². The first-order valence-electron chi connectivity index (χ1n) is 6.17. The molecule has 0 saturated carbocycles. The lowest BCUT2D eigenvalue weighted by Gasteiger charge is -2.13. The monoisotopic (exact) mass is 334 g/mol. The van der Waals surface area contributed by atoms with E-state index < -0.39 is 5.97 Å². The van der Waals surface area contributed by atoms with Crippen LogP contribution in [0.15, 0.2) is 46.9 Å². The molecule has 4 heteroatoms. The summed E-state index contributed by atoms with van der Waals surface area (Å²) in [5.41, 5.74) is 2.43. The second-order valence-corrected chi connectivity index (χ2v) is 5.24. The molecule has 0 aromatic heterocycles. The molecule has 0 N–H and O–H groups in total. The summed E-state index contributed by atoms with van der Waals surface area (Å²) in [6.07, 6.45) is 0. The van der Waals surface area contributed by atoms with Gasteiger partial charge in [-0.1, -0.05) is 30.3 Å². The first-order chi connectivity index (χ1) is 9.61.